The third kappa shape index (κ3) is 2.75. The van der Waals surface area contributed by atoms with E-state index in [-0.39, 0.29) is 12.1 Å². The van der Waals surface area contributed by atoms with E-state index in [0.29, 0.717) is 12.0 Å². The molecule has 1 aromatic heterocycles. The Bertz CT molecular complexity index is 945. The number of thiazole rings is 1. The molecule has 2 aliphatic heterocycles. The number of carbonyl (C=O) groups is 1. The summed E-state index contributed by atoms with van der Waals surface area (Å²) in [5.41, 5.74) is 3.80. The van der Waals surface area contributed by atoms with Crippen LogP contribution < -0.4 is 10.2 Å². The van der Waals surface area contributed by atoms with Gasteiger partial charge in [0.15, 0.2) is 6.10 Å². The van der Waals surface area contributed by atoms with Gasteiger partial charge in [-0.2, -0.15) is 0 Å². The standard InChI is InChI=1S/C20H19N3O2S/c24-20-15-12-14(23-9-7-21-8-10-23)6-5-13(15)11-17(25-20)19-22-16-3-1-2-4-18(16)26-19/h1-6,12,17,21H,7-11H2. The number of anilines is 1. The monoisotopic (exact) mass is 365 g/mol. The number of nitrogens with one attached hydrogen (secondary N) is 1. The van der Waals surface area contributed by atoms with Gasteiger partial charge in [0.25, 0.3) is 0 Å². The minimum Gasteiger partial charge on any atom is -0.451 e. The van der Waals surface area contributed by atoms with E-state index in [1.54, 1.807) is 11.3 Å². The van der Waals surface area contributed by atoms with Crippen LogP contribution in [0.25, 0.3) is 10.2 Å². The Morgan fingerprint density at radius 2 is 2.00 bits per heavy atom. The molecule has 0 bridgehead atoms. The highest BCUT2D eigenvalue weighted by molar-refractivity contribution is 7.18. The summed E-state index contributed by atoms with van der Waals surface area (Å²) in [7, 11) is 0. The summed E-state index contributed by atoms with van der Waals surface area (Å²) in [5.74, 6) is -0.243. The van der Waals surface area contributed by atoms with Crippen LogP contribution in [0.4, 0.5) is 5.69 Å². The Hall–Kier alpha value is -2.44. The maximum atomic E-state index is 12.6. The number of ether oxygens (including phenoxy) is 1. The topological polar surface area (TPSA) is 54.5 Å². The molecule has 1 atom stereocenters. The minimum atomic E-state index is -0.294. The van der Waals surface area contributed by atoms with Gasteiger partial charge in [-0.05, 0) is 29.8 Å². The lowest BCUT2D eigenvalue weighted by molar-refractivity contribution is 0.0253. The third-order valence-electron chi connectivity index (χ3n) is 5.04. The molecule has 6 heteroatoms. The van der Waals surface area contributed by atoms with Gasteiger partial charge in [0.1, 0.15) is 5.01 Å². The average molecular weight is 365 g/mol. The van der Waals surface area contributed by atoms with Gasteiger partial charge in [-0.25, -0.2) is 9.78 Å². The quantitative estimate of drug-likeness (QED) is 0.707. The van der Waals surface area contributed by atoms with Crippen molar-refractivity contribution in [3.05, 3.63) is 58.6 Å². The molecule has 1 fully saturated rings. The smallest absolute Gasteiger partial charge is 0.339 e. The van der Waals surface area contributed by atoms with E-state index < -0.39 is 0 Å². The maximum Gasteiger partial charge on any atom is 0.339 e. The molecule has 0 amide bonds. The average Bonchev–Trinajstić information content (AvgIpc) is 3.13. The fraction of sp³-hybridized carbons (Fsp3) is 0.300. The van der Waals surface area contributed by atoms with Crippen molar-refractivity contribution in [2.75, 3.05) is 31.1 Å². The van der Waals surface area contributed by atoms with E-state index in [4.69, 9.17) is 4.74 Å². The van der Waals surface area contributed by atoms with Crippen molar-refractivity contribution in [3.63, 3.8) is 0 Å². The normalized spacial score (nSPS) is 20.1. The molecule has 2 aromatic carbocycles. The van der Waals surface area contributed by atoms with Gasteiger partial charge in [0, 0.05) is 38.3 Å². The van der Waals surface area contributed by atoms with Crippen LogP contribution >= 0.6 is 11.3 Å². The molecular formula is C20H19N3O2S. The number of para-hydroxylation sites is 1. The number of rotatable bonds is 2. The van der Waals surface area contributed by atoms with Crippen LogP contribution in [0, 0.1) is 0 Å². The van der Waals surface area contributed by atoms with Gasteiger partial charge in [0.05, 0.1) is 15.8 Å². The number of benzene rings is 2. The minimum absolute atomic E-state index is 0.243. The van der Waals surface area contributed by atoms with Gasteiger partial charge < -0.3 is 15.0 Å². The number of piperazine rings is 1. The van der Waals surface area contributed by atoms with Gasteiger partial charge in [0.2, 0.25) is 0 Å². The highest BCUT2D eigenvalue weighted by Gasteiger charge is 2.30. The number of cyclic esters (lactones) is 1. The Morgan fingerprint density at radius 1 is 1.15 bits per heavy atom. The van der Waals surface area contributed by atoms with Crippen LogP contribution in [0.15, 0.2) is 42.5 Å². The molecule has 1 saturated heterocycles. The lowest BCUT2D eigenvalue weighted by Crippen LogP contribution is -2.43. The summed E-state index contributed by atoms with van der Waals surface area (Å²) in [6, 6.07) is 14.2. The fourth-order valence-corrected chi connectivity index (χ4v) is 4.65. The molecular weight excluding hydrogens is 346 g/mol. The van der Waals surface area contributed by atoms with E-state index in [2.05, 4.69) is 33.4 Å². The van der Waals surface area contributed by atoms with Gasteiger partial charge in [-0.15, -0.1) is 11.3 Å². The lowest BCUT2D eigenvalue weighted by Gasteiger charge is -2.31. The van der Waals surface area contributed by atoms with E-state index in [0.717, 1.165) is 52.7 Å². The number of hydrogen-bond acceptors (Lipinski definition) is 6. The molecule has 0 radical (unpaired) electrons. The number of aromatic nitrogens is 1. The summed E-state index contributed by atoms with van der Waals surface area (Å²) >= 11 is 1.60. The fourth-order valence-electron chi connectivity index (χ4n) is 3.65. The SMILES string of the molecule is O=C1OC(c2nc3ccccc3s2)Cc2ccc(N3CCNCC3)cc21. The van der Waals surface area contributed by atoms with Crippen molar-refractivity contribution in [2.45, 2.75) is 12.5 Å². The highest BCUT2D eigenvalue weighted by atomic mass is 32.1. The Balaban J connectivity index is 1.44. The first kappa shape index (κ1) is 15.8. The summed E-state index contributed by atoms with van der Waals surface area (Å²) in [6.07, 6.45) is 0.389. The van der Waals surface area contributed by atoms with E-state index in [9.17, 15) is 4.79 Å². The number of esters is 1. The van der Waals surface area contributed by atoms with Crippen molar-refractivity contribution in [3.8, 4) is 0 Å². The second-order valence-electron chi connectivity index (χ2n) is 6.70. The molecule has 5 nitrogen and oxygen atoms in total. The van der Waals surface area contributed by atoms with Gasteiger partial charge in [-0.1, -0.05) is 18.2 Å². The maximum absolute atomic E-state index is 12.6. The number of nitrogens with zero attached hydrogens (tertiary/aromatic N) is 2. The first-order chi connectivity index (χ1) is 12.8. The number of hydrogen-bond donors (Lipinski definition) is 1. The molecule has 3 aromatic rings. The molecule has 26 heavy (non-hydrogen) atoms. The summed E-state index contributed by atoms with van der Waals surface area (Å²) in [5, 5.41) is 4.22. The second kappa shape index (κ2) is 6.37. The van der Waals surface area contributed by atoms with Crippen LogP contribution in [0.3, 0.4) is 0 Å². The van der Waals surface area contributed by atoms with Gasteiger partial charge >= 0.3 is 5.97 Å². The van der Waals surface area contributed by atoms with Gasteiger partial charge in [-0.3, -0.25) is 0 Å². The van der Waals surface area contributed by atoms with Crippen molar-refractivity contribution in [1.82, 2.24) is 10.3 Å². The van der Waals surface area contributed by atoms with Crippen LogP contribution in [0.2, 0.25) is 0 Å². The Morgan fingerprint density at radius 3 is 2.85 bits per heavy atom. The van der Waals surface area contributed by atoms with Crippen LogP contribution in [0.1, 0.15) is 27.0 Å². The first-order valence-corrected chi connectivity index (χ1v) is 9.74. The van der Waals surface area contributed by atoms with Crippen molar-refractivity contribution < 1.29 is 9.53 Å². The third-order valence-corrected chi connectivity index (χ3v) is 6.16. The zero-order valence-electron chi connectivity index (χ0n) is 14.3. The first-order valence-electron chi connectivity index (χ1n) is 8.93. The summed E-state index contributed by atoms with van der Waals surface area (Å²) in [4.78, 5) is 19.6. The Kier molecular flexibility index (Phi) is 3.87. The largest absolute Gasteiger partial charge is 0.451 e. The predicted molar refractivity (Wildman–Crippen MR) is 103 cm³/mol. The van der Waals surface area contributed by atoms with Crippen molar-refractivity contribution >= 4 is 33.2 Å². The Labute approximate surface area is 155 Å². The van der Waals surface area contributed by atoms with Crippen molar-refractivity contribution in [1.29, 1.82) is 0 Å². The lowest BCUT2D eigenvalue weighted by atomic mass is 9.97. The molecule has 2 aliphatic rings. The molecule has 1 N–H and O–H groups in total. The number of carbonyl (C=O) groups excluding carboxylic acids is 1. The van der Waals surface area contributed by atoms with E-state index in [1.165, 1.54) is 0 Å². The molecule has 0 aliphatic carbocycles. The van der Waals surface area contributed by atoms with E-state index in [1.807, 2.05) is 24.3 Å². The molecule has 0 spiro atoms. The van der Waals surface area contributed by atoms with Crippen LogP contribution in [-0.4, -0.2) is 37.1 Å². The summed E-state index contributed by atoms with van der Waals surface area (Å²) in [6.45, 7) is 3.87. The zero-order chi connectivity index (χ0) is 17.5. The molecule has 0 saturated carbocycles. The molecule has 1 unspecified atom stereocenters. The van der Waals surface area contributed by atoms with Crippen LogP contribution in [0.5, 0.6) is 0 Å². The van der Waals surface area contributed by atoms with Crippen molar-refractivity contribution in [2.24, 2.45) is 0 Å². The molecule has 132 valence electrons. The second-order valence-corrected chi connectivity index (χ2v) is 7.76. The zero-order valence-corrected chi connectivity index (χ0v) is 15.1. The molecule has 5 rings (SSSR count). The highest BCUT2D eigenvalue weighted by Crippen LogP contribution is 2.36. The van der Waals surface area contributed by atoms with Crippen LogP contribution in [-0.2, 0) is 11.2 Å². The summed E-state index contributed by atoms with van der Waals surface area (Å²) < 4.78 is 6.87. The molecule has 3 heterocycles. The van der Waals surface area contributed by atoms with E-state index >= 15 is 0 Å². The number of fused-ring (bicyclic) bond motifs is 2. The predicted octanol–water partition coefficient (Wildman–Crippen LogP) is 3.16.